The molecule has 2 aromatic rings. The van der Waals surface area contributed by atoms with Crippen molar-refractivity contribution in [3.05, 3.63) is 47.8 Å². The molecule has 0 saturated carbocycles. The molecule has 1 aromatic heterocycles. The second-order valence-corrected chi connectivity index (χ2v) is 4.88. The minimum atomic E-state index is -0.211. The van der Waals surface area contributed by atoms with Crippen LogP contribution in [0.25, 0.3) is 0 Å². The van der Waals surface area contributed by atoms with Gasteiger partial charge in [-0.3, -0.25) is 4.79 Å². The Morgan fingerprint density at radius 1 is 1.14 bits per heavy atom. The van der Waals surface area contributed by atoms with Crippen molar-refractivity contribution in [1.82, 2.24) is 9.97 Å². The standard InChI is InChI=1S/C17H22N4O/c1-4-13-9-7-8-10-14(13)19-16(22)15-11-12-18-17(20-15)21(5-2)6-3/h7-12H,4-6H2,1-3H3,(H,19,22). The zero-order valence-corrected chi connectivity index (χ0v) is 13.3. The van der Waals surface area contributed by atoms with E-state index < -0.39 is 0 Å². The van der Waals surface area contributed by atoms with Gasteiger partial charge in [0.05, 0.1) is 0 Å². The Morgan fingerprint density at radius 2 is 1.86 bits per heavy atom. The molecule has 0 aliphatic carbocycles. The van der Waals surface area contributed by atoms with Crippen LogP contribution in [0.1, 0.15) is 36.8 Å². The third kappa shape index (κ3) is 3.61. The molecule has 0 aliphatic rings. The molecule has 0 radical (unpaired) electrons. The van der Waals surface area contributed by atoms with Crippen LogP contribution in [0.2, 0.25) is 0 Å². The Bertz CT molecular complexity index is 638. The summed E-state index contributed by atoms with van der Waals surface area (Å²) in [5, 5.41) is 2.93. The van der Waals surface area contributed by atoms with E-state index in [0.717, 1.165) is 30.8 Å². The van der Waals surface area contributed by atoms with E-state index in [2.05, 4.69) is 22.2 Å². The van der Waals surface area contributed by atoms with Crippen LogP contribution in [0.4, 0.5) is 11.6 Å². The first kappa shape index (κ1) is 15.9. The summed E-state index contributed by atoms with van der Waals surface area (Å²) in [6.45, 7) is 7.75. The summed E-state index contributed by atoms with van der Waals surface area (Å²) in [5.41, 5.74) is 2.31. The van der Waals surface area contributed by atoms with Crippen LogP contribution >= 0.6 is 0 Å². The van der Waals surface area contributed by atoms with Gasteiger partial charge in [-0.2, -0.15) is 0 Å². The van der Waals surface area contributed by atoms with Crippen molar-refractivity contribution in [3.8, 4) is 0 Å². The van der Waals surface area contributed by atoms with Gasteiger partial charge in [-0.15, -0.1) is 0 Å². The molecule has 22 heavy (non-hydrogen) atoms. The quantitative estimate of drug-likeness (QED) is 0.890. The topological polar surface area (TPSA) is 58.1 Å². The Labute approximate surface area is 131 Å². The Hall–Kier alpha value is -2.43. The van der Waals surface area contributed by atoms with Gasteiger partial charge in [0.1, 0.15) is 5.69 Å². The summed E-state index contributed by atoms with van der Waals surface area (Å²) in [5.74, 6) is 0.373. The van der Waals surface area contributed by atoms with Crippen molar-refractivity contribution in [2.75, 3.05) is 23.3 Å². The van der Waals surface area contributed by atoms with E-state index in [9.17, 15) is 4.79 Å². The summed E-state index contributed by atoms with van der Waals surface area (Å²) in [4.78, 5) is 23.0. The van der Waals surface area contributed by atoms with Crippen molar-refractivity contribution in [2.45, 2.75) is 27.2 Å². The number of nitrogens with one attached hydrogen (secondary N) is 1. The van der Waals surface area contributed by atoms with Gasteiger partial charge in [-0.25, -0.2) is 9.97 Å². The van der Waals surface area contributed by atoms with Crippen LogP contribution in [0, 0.1) is 0 Å². The lowest BCUT2D eigenvalue weighted by molar-refractivity contribution is 0.102. The van der Waals surface area contributed by atoms with Crippen LogP contribution in [0.3, 0.4) is 0 Å². The van der Waals surface area contributed by atoms with Crippen molar-refractivity contribution in [3.63, 3.8) is 0 Å². The second-order valence-electron chi connectivity index (χ2n) is 4.88. The number of aryl methyl sites for hydroxylation is 1. The highest BCUT2D eigenvalue weighted by molar-refractivity contribution is 6.03. The lowest BCUT2D eigenvalue weighted by atomic mass is 10.1. The van der Waals surface area contributed by atoms with Crippen LogP contribution in [-0.4, -0.2) is 29.0 Å². The third-order valence-electron chi connectivity index (χ3n) is 3.57. The van der Waals surface area contributed by atoms with E-state index >= 15 is 0 Å². The summed E-state index contributed by atoms with van der Waals surface area (Å²) >= 11 is 0. The molecule has 0 fully saturated rings. The number of para-hydroxylation sites is 1. The lowest BCUT2D eigenvalue weighted by Gasteiger charge is -2.18. The molecule has 0 atom stereocenters. The number of hydrogen-bond donors (Lipinski definition) is 1. The van der Waals surface area contributed by atoms with Crippen LogP contribution < -0.4 is 10.2 Å². The summed E-state index contributed by atoms with van der Waals surface area (Å²) in [6, 6.07) is 9.44. The van der Waals surface area contributed by atoms with E-state index in [0.29, 0.717) is 11.6 Å². The molecule has 2 rings (SSSR count). The van der Waals surface area contributed by atoms with Crippen molar-refractivity contribution >= 4 is 17.5 Å². The number of carbonyl (C=O) groups excluding carboxylic acids is 1. The molecular formula is C17H22N4O. The molecule has 0 unspecified atom stereocenters. The molecule has 0 saturated heterocycles. The summed E-state index contributed by atoms with van der Waals surface area (Å²) in [7, 11) is 0. The predicted octanol–water partition coefficient (Wildman–Crippen LogP) is 3.14. The number of benzene rings is 1. The van der Waals surface area contributed by atoms with Gasteiger partial charge in [0, 0.05) is 25.0 Å². The van der Waals surface area contributed by atoms with E-state index in [4.69, 9.17) is 0 Å². The van der Waals surface area contributed by atoms with Gasteiger partial charge in [0.25, 0.3) is 5.91 Å². The van der Waals surface area contributed by atoms with Crippen LogP contribution in [0.5, 0.6) is 0 Å². The molecule has 1 heterocycles. The third-order valence-corrected chi connectivity index (χ3v) is 3.57. The molecule has 1 aromatic carbocycles. The number of amides is 1. The summed E-state index contributed by atoms with van der Waals surface area (Å²) in [6.07, 6.45) is 2.49. The predicted molar refractivity (Wildman–Crippen MR) is 89.4 cm³/mol. The Morgan fingerprint density at radius 3 is 2.55 bits per heavy atom. The first-order valence-electron chi connectivity index (χ1n) is 7.66. The first-order chi connectivity index (χ1) is 10.7. The number of hydrogen-bond acceptors (Lipinski definition) is 4. The molecule has 5 nitrogen and oxygen atoms in total. The first-order valence-corrected chi connectivity index (χ1v) is 7.66. The fourth-order valence-electron chi connectivity index (χ4n) is 2.27. The van der Waals surface area contributed by atoms with Gasteiger partial charge in [0.15, 0.2) is 0 Å². The molecule has 0 aliphatic heterocycles. The molecule has 116 valence electrons. The normalized spacial score (nSPS) is 10.3. The molecular weight excluding hydrogens is 276 g/mol. The number of anilines is 2. The number of rotatable bonds is 6. The fraction of sp³-hybridized carbons (Fsp3) is 0.353. The maximum absolute atomic E-state index is 12.4. The lowest BCUT2D eigenvalue weighted by Crippen LogP contribution is -2.25. The maximum Gasteiger partial charge on any atom is 0.274 e. The summed E-state index contributed by atoms with van der Waals surface area (Å²) < 4.78 is 0. The van der Waals surface area contributed by atoms with Gasteiger partial charge in [0.2, 0.25) is 5.95 Å². The molecule has 5 heteroatoms. The average Bonchev–Trinajstić information content (AvgIpc) is 2.57. The van der Waals surface area contributed by atoms with Crippen molar-refractivity contribution in [1.29, 1.82) is 0 Å². The van der Waals surface area contributed by atoms with Crippen LogP contribution in [-0.2, 0) is 6.42 Å². The smallest absolute Gasteiger partial charge is 0.274 e. The average molecular weight is 298 g/mol. The van der Waals surface area contributed by atoms with Crippen molar-refractivity contribution in [2.24, 2.45) is 0 Å². The second kappa shape index (κ2) is 7.54. The highest BCUT2D eigenvalue weighted by Crippen LogP contribution is 2.16. The Kier molecular flexibility index (Phi) is 5.47. The SMILES string of the molecule is CCc1ccccc1NC(=O)c1ccnc(N(CC)CC)n1. The number of nitrogens with zero attached hydrogens (tertiary/aromatic N) is 3. The highest BCUT2D eigenvalue weighted by atomic mass is 16.1. The molecule has 0 spiro atoms. The molecule has 1 N–H and O–H groups in total. The number of carbonyl (C=O) groups is 1. The van der Waals surface area contributed by atoms with E-state index in [1.807, 2.05) is 43.0 Å². The number of aromatic nitrogens is 2. The monoisotopic (exact) mass is 298 g/mol. The highest BCUT2D eigenvalue weighted by Gasteiger charge is 2.12. The van der Waals surface area contributed by atoms with Crippen LogP contribution in [0.15, 0.2) is 36.5 Å². The van der Waals surface area contributed by atoms with E-state index in [1.165, 1.54) is 0 Å². The minimum absolute atomic E-state index is 0.211. The zero-order valence-electron chi connectivity index (χ0n) is 13.3. The van der Waals surface area contributed by atoms with E-state index in [-0.39, 0.29) is 5.91 Å². The Balaban J connectivity index is 2.21. The maximum atomic E-state index is 12.4. The largest absolute Gasteiger partial charge is 0.341 e. The van der Waals surface area contributed by atoms with Crippen molar-refractivity contribution < 1.29 is 4.79 Å². The van der Waals surface area contributed by atoms with Gasteiger partial charge in [-0.05, 0) is 38.0 Å². The van der Waals surface area contributed by atoms with E-state index in [1.54, 1.807) is 12.3 Å². The minimum Gasteiger partial charge on any atom is -0.341 e. The van der Waals surface area contributed by atoms with Gasteiger partial charge in [-0.1, -0.05) is 25.1 Å². The van der Waals surface area contributed by atoms with Gasteiger partial charge >= 0.3 is 0 Å². The zero-order chi connectivity index (χ0) is 15.9. The van der Waals surface area contributed by atoms with Gasteiger partial charge < -0.3 is 10.2 Å². The fourth-order valence-corrected chi connectivity index (χ4v) is 2.27. The molecule has 0 bridgehead atoms. The molecule has 1 amide bonds.